The van der Waals surface area contributed by atoms with Crippen molar-refractivity contribution in [3.05, 3.63) is 24.3 Å². The third-order valence-corrected chi connectivity index (χ3v) is 3.17. The van der Waals surface area contributed by atoms with Gasteiger partial charge in [0.1, 0.15) is 0 Å². The lowest BCUT2D eigenvalue weighted by molar-refractivity contribution is 0.420. The molecule has 3 heteroatoms. The van der Waals surface area contributed by atoms with Gasteiger partial charge < -0.3 is 5.32 Å². The maximum Gasteiger partial charge on any atom is 0.214 e. The molecule has 15 heavy (non-hydrogen) atoms. The fourth-order valence-electron chi connectivity index (χ4n) is 1.80. The van der Waals surface area contributed by atoms with Gasteiger partial charge in [-0.05, 0) is 25.3 Å². The Bertz CT molecular complexity index is 300. The molecule has 1 N–H and O–H groups in total. The minimum atomic E-state index is -0.433. The molecule has 0 spiro atoms. The molecule has 0 aliphatic rings. The molecule has 0 aromatic carbocycles. The lowest BCUT2D eigenvalue weighted by atomic mass is 9.89. The SMILES string of the molecule is CCC(CC)(CC)Nc1ccnc(F)c1. The molecule has 0 radical (unpaired) electrons. The number of hydrogen-bond acceptors (Lipinski definition) is 2. The molecule has 0 fully saturated rings. The Morgan fingerprint density at radius 1 is 1.27 bits per heavy atom. The molecule has 0 atom stereocenters. The van der Waals surface area contributed by atoms with E-state index < -0.39 is 5.95 Å². The molecular weight excluding hydrogens is 191 g/mol. The highest BCUT2D eigenvalue weighted by molar-refractivity contribution is 5.44. The van der Waals surface area contributed by atoms with E-state index in [1.54, 1.807) is 6.07 Å². The van der Waals surface area contributed by atoms with E-state index in [0.717, 1.165) is 24.9 Å². The molecule has 0 unspecified atom stereocenters. The Kier molecular flexibility index (Phi) is 4.06. The standard InChI is InChI=1S/C12H19FN2/c1-4-12(5-2,6-3)15-10-7-8-14-11(13)9-10/h7-9H,4-6H2,1-3H3,(H,14,15). The number of aromatic nitrogens is 1. The summed E-state index contributed by atoms with van der Waals surface area (Å²) < 4.78 is 12.9. The molecule has 0 amide bonds. The van der Waals surface area contributed by atoms with E-state index in [2.05, 4.69) is 31.1 Å². The number of anilines is 1. The van der Waals surface area contributed by atoms with Crippen molar-refractivity contribution in [1.82, 2.24) is 4.98 Å². The molecule has 84 valence electrons. The minimum absolute atomic E-state index is 0.0772. The summed E-state index contributed by atoms with van der Waals surface area (Å²) in [5.74, 6) is -0.433. The van der Waals surface area contributed by atoms with Gasteiger partial charge in [0, 0.05) is 23.5 Å². The lowest BCUT2D eigenvalue weighted by Gasteiger charge is -2.32. The molecule has 0 bridgehead atoms. The summed E-state index contributed by atoms with van der Waals surface area (Å²) >= 11 is 0. The summed E-state index contributed by atoms with van der Waals surface area (Å²) in [6.07, 6.45) is 4.58. The first-order chi connectivity index (χ1) is 7.15. The Morgan fingerprint density at radius 3 is 2.33 bits per heavy atom. The van der Waals surface area contributed by atoms with Crippen LogP contribution in [0.15, 0.2) is 18.3 Å². The van der Waals surface area contributed by atoms with Crippen molar-refractivity contribution in [3.63, 3.8) is 0 Å². The van der Waals surface area contributed by atoms with Gasteiger partial charge in [0.25, 0.3) is 0 Å². The first-order valence-electron chi connectivity index (χ1n) is 5.55. The number of hydrogen-bond donors (Lipinski definition) is 1. The number of rotatable bonds is 5. The number of pyridine rings is 1. The van der Waals surface area contributed by atoms with Gasteiger partial charge in [0.05, 0.1) is 0 Å². The first kappa shape index (κ1) is 12.0. The number of nitrogens with one attached hydrogen (secondary N) is 1. The van der Waals surface area contributed by atoms with Crippen LogP contribution in [0, 0.1) is 5.95 Å². The fourth-order valence-corrected chi connectivity index (χ4v) is 1.80. The second-order valence-electron chi connectivity index (χ2n) is 3.83. The summed E-state index contributed by atoms with van der Waals surface area (Å²) in [6.45, 7) is 6.45. The third kappa shape index (κ3) is 2.91. The largest absolute Gasteiger partial charge is 0.379 e. The smallest absolute Gasteiger partial charge is 0.214 e. The summed E-state index contributed by atoms with van der Waals surface area (Å²) in [5.41, 5.74) is 0.890. The van der Waals surface area contributed by atoms with Crippen molar-refractivity contribution in [2.24, 2.45) is 0 Å². The van der Waals surface area contributed by atoms with Gasteiger partial charge in [0.15, 0.2) is 0 Å². The van der Waals surface area contributed by atoms with E-state index in [0.29, 0.717) is 0 Å². The van der Waals surface area contributed by atoms with Gasteiger partial charge in [-0.25, -0.2) is 4.98 Å². The Hall–Kier alpha value is -1.12. The molecule has 0 aliphatic carbocycles. The van der Waals surface area contributed by atoms with Crippen molar-refractivity contribution < 1.29 is 4.39 Å². The number of halogens is 1. The van der Waals surface area contributed by atoms with Crippen LogP contribution in [-0.2, 0) is 0 Å². The van der Waals surface area contributed by atoms with Gasteiger partial charge in [-0.2, -0.15) is 4.39 Å². The van der Waals surface area contributed by atoms with Crippen molar-refractivity contribution in [1.29, 1.82) is 0 Å². The zero-order valence-electron chi connectivity index (χ0n) is 9.68. The molecule has 1 rings (SSSR count). The van der Waals surface area contributed by atoms with Gasteiger partial charge in [-0.3, -0.25) is 0 Å². The third-order valence-electron chi connectivity index (χ3n) is 3.17. The maximum atomic E-state index is 12.9. The predicted molar refractivity (Wildman–Crippen MR) is 61.4 cm³/mol. The van der Waals surface area contributed by atoms with Crippen LogP contribution in [0.1, 0.15) is 40.0 Å². The van der Waals surface area contributed by atoms with E-state index >= 15 is 0 Å². The second kappa shape index (κ2) is 5.10. The van der Waals surface area contributed by atoms with Crippen LogP contribution in [0.3, 0.4) is 0 Å². The van der Waals surface area contributed by atoms with E-state index in [9.17, 15) is 4.39 Å². The molecular formula is C12H19FN2. The van der Waals surface area contributed by atoms with Crippen LogP contribution >= 0.6 is 0 Å². The van der Waals surface area contributed by atoms with E-state index in [1.807, 2.05) is 0 Å². The van der Waals surface area contributed by atoms with E-state index in [4.69, 9.17) is 0 Å². The molecule has 2 nitrogen and oxygen atoms in total. The summed E-state index contributed by atoms with van der Waals surface area (Å²) in [5, 5.41) is 3.40. The second-order valence-corrected chi connectivity index (χ2v) is 3.83. The summed E-state index contributed by atoms with van der Waals surface area (Å²) in [6, 6.07) is 3.24. The summed E-state index contributed by atoms with van der Waals surface area (Å²) in [7, 11) is 0. The normalized spacial score (nSPS) is 11.5. The molecule has 1 aromatic rings. The van der Waals surface area contributed by atoms with Crippen LogP contribution < -0.4 is 5.32 Å². The molecule has 0 aliphatic heterocycles. The maximum absolute atomic E-state index is 12.9. The quantitative estimate of drug-likeness (QED) is 0.751. The average molecular weight is 210 g/mol. The van der Waals surface area contributed by atoms with Crippen molar-refractivity contribution >= 4 is 5.69 Å². The molecule has 0 saturated heterocycles. The zero-order valence-corrected chi connectivity index (χ0v) is 9.68. The van der Waals surface area contributed by atoms with Gasteiger partial charge >= 0.3 is 0 Å². The van der Waals surface area contributed by atoms with Crippen LogP contribution in [0.25, 0.3) is 0 Å². The molecule has 1 heterocycles. The minimum Gasteiger partial charge on any atom is -0.379 e. The van der Waals surface area contributed by atoms with Gasteiger partial charge in [0.2, 0.25) is 5.95 Å². The predicted octanol–water partition coefficient (Wildman–Crippen LogP) is 3.60. The highest BCUT2D eigenvalue weighted by Gasteiger charge is 2.23. The topological polar surface area (TPSA) is 24.9 Å². The van der Waals surface area contributed by atoms with E-state index in [-0.39, 0.29) is 5.54 Å². The van der Waals surface area contributed by atoms with E-state index in [1.165, 1.54) is 12.3 Å². The highest BCUT2D eigenvalue weighted by Crippen LogP contribution is 2.25. The van der Waals surface area contributed by atoms with Crippen molar-refractivity contribution in [2.75, 3.05) is 5.32 Å². The average Bonchev–Trinajstić information content (AvgIpc) is 2.26. The summed E-state index contributed by atoms with van der Waals surface area (Å²) in [4.78, 5) is 3.54. The van der Waals surface area contributed by atoms with Crippen LogP contribution in [-0.4, -0.2) is 10.5 Å². The Morgan fingerprint density at radius 2 is 1.87 bits per heavy atom. The van der Waals surface area contributed by atoms with Crippen molar-refractivity contribution in [2.45, 2.75) is 45.6 Å². The Balaban J connectivity index is 2.82. The lowest BCUT2D eigenvalue weighted by Crippen LogP contribution is -2.36. The van der Waals surface area contributed by atoms with Gasteiger partial charge in [-0.1, -0.05) is 20.8 Å². The van der Waals surface area contributed by atoms with Crippen LogP contribution in [0.4, 0.5) is 10.1 Å². The Labute approximate surface area is 90.9 Å². The number of nitrogens with zero attached hydrogens (tertiary/aromatic N) is 1. The van der Waals surface area contributed by atoms with Crippen LogP contribution in [0.2, 0.25) is 0 Å². The fraction of sp³-hybridized carbons (Fsp3) is 0.583. The zero-order chi connectivity index (χ0) is 11.3. The molecule has 0 saturated carbocycles. The van der Waals surface area contributed by atoms with Crippen molar-refractivity contribution in [3.8, 4) is 0 Å². The molecule has 1 aromatic heterocycles. The highest BCUT2D eigenvalue weighted by atomic mass is 19.1. The monoisotopic (exact) mass is 210 g/mol. The van der Waals surface area contributed by atoms with Gasteiger partial charge in [-0.15, -0.1) is 0 Å². The first-order valence-corrected chi connectivity index (χ1v) is 5.55. The van der Waals surface area contributed by atoms with Crippen LogP contribution in [0.5, 0.6) is 0 Å².